The fraction of sp³-hybridized carbons (Fsp3) is 0.353. The van der Waals surface area contributed by atoms with Crippen LogP contribution in [0.15, 0.2) is 41.1 Å². The van der Waals surface area contributed by atoms with Crippen molar-refractivity contribution in [3.63, 3.8) is 0 Å². The van der Waals surface area contributed by atoms with E-state index in [0.29, 0.717) is 11.5 Å². The van der Waals surface area contributed by atoms with Gasteiger partial charge in [0.1, 0.15) is 0 Å². The molecular weight excluding hydrogens is 342 g/mol. The van der Waals surface area contributed by atoms with Crippen LogP contribution in [0.25, 0.3) is 0 Å². The smallest absolute Gasteiger partial charge is 0.225 e. The Kier molecular flexibility index (Phi) is 4.25. The summed E-state index contributed by atoms with van der Waals surface area (Å²) in [6.07, 6.45) is 7.16. The Morgan fingerprint density at radius 3 is 2.59 bits per heavy atom. The third-order valence-electron chi connectivity index (χ3n) is 4.28. The van der Waals surface area contributed by atoms with Gasteiger partial charge in [-0.05, 0) is 43.9 Å². The molecule has 2 aromatic rings. The molecule has 2 heterocycles. The Morgan fingerprint density at radius 1 is 1.27 bits per heavy atom. The Morgan fingerprint density at radius 2 is 1.95 bits per heavy atom. The zero-order valence-corrected chi connectivity index (χ0v) is 14.1. The molecule has 1 aromatic carbocycles. The molecule has 1 unspecified atom stereocenters. The van der Waals surface area contributed by atoms with Gasteiger partial charge in [-0.1, -0.05) is 28.1 Å². The van der Waals surface area contributed by atoms with Gasteiger partial charge in [-0.2, -0.15) is 0 Å². The van der Waals surface area contributed by atoms with Crippen molar-refractivity contribution in [1.29, 1.82) is 0 Å². The summed E-state index contributed by atoms with van der Waals surface area (Å²) in [6, 6.07) is 8.46. The van der Waals surface area contributed by atoms with Gasteiger partial charge in [-0.3, -0.25) is 4.79 Å². The first-order chi connectivity index (χ1) is 10.6. The number of anilines is 1. The highest BCUT2D eigenvalue weighted by Gasteiger charge is 2.38. The maximum absolute atomic E-state index is 10.7. The summed E-state index contributed by atoms with van der Waals surface area (Å²) in [5, 5.41) is 0. The number of halogens is 1. The van der Waals surface area contributed by atoms with E-state index in [1.165, 1.54) is 5.56 Å². The van der Waals surface area contributed by atoms with Crippen molar-refractivity contribution < 1.29 is 4.79 Å². The van der Waals surface area contributed by atoms with E-state index >= 15 is 0 Å². The molecule has 3 rings (SSSR count). The highest BCUT2D eigenvalue weighted by Crippen LogP contribution is 2.34. The van der Waals surface area contributed by atoms with Gasteiger partial charge in [0, 0.05) is 29.0 Å². The first-order valence-electron chi connectivity index (χ1n) is 7.40. The van der Waals surface area contributed by atoms with Crippen LogP contribution in [0.3, 0.4) is 0 Å². The minimum absolute atomic E-state index is 0.0104. The molecule has 0 N–H and O–H groups in total. The molecule has 0 radical (unpaired) electrons. The van der Waals surface area contributed by atoms with Gasteiger partial charge < -0.3 is 4.90 Å². The van der Waals surface area contributed by atoms with Crippen LogP contribution in [0.5, 0.6) is 0 Å². The number of carbonyl (C=O) groups excluding carboxylic acids is 1. The predicted molar refractivity (Wildman–Crippen MR) is 90.3 cm³/mol. The zero-order chi connectivity index (χ0) is 15.6. The first-order valence-corrected chi connectivity index (χ1v) is 8.19. The van der Waals surface area contributed by atoms with Gasteiger partial charge in [-0.15, -0.1) is 0 Å². The minimum atomic E-state index is 0.0104. The molecule has 0 spiro atoms. The second kappa shape index (κ2) is 6.16. The number of rotatable bonds is 4. The van der Waals surface area contributed by atoms with Crippen LogP contribution in [-0.4, -0.2) is 28.3 Å². The van der Waals surface area contributed by atoms with Crippen molar-refractivity contribution in [2.45, 2.75) is 31.7 Å². The number of hydrogen-bond donors (Lipinski definition) is 0. The molecule has 1 aliphatic heterocycles. The van der Waals surface area contributed by atoms with Gasteiger partial charge in [-0.25, -0.2) is 9.97 Å². The van der Waals surface area contributed by atoms with Gasteiger partial charge >= 0.3 is 0 Å². The average Bonchev–Trinajstić information content (AvgIpc) is 2.91. The molecule has 1 saturated heterocycles. The Labute approximate surface area is 138 Å². The lowest BCUT2D eigenvalue weighted by atomic mass is 9.90. The van der Waals surface area contributed by atoms with E-state index < -0.39 is 0 Å². The second-order valence-electron chi connectivity index (χ2n) is 5.99. The summed E-state index contributed by atoms with van der Waals surface area (Å²) in [5.41, 5.74) is 1.83. The van der Waals surface area contributed by atoms with Crippen LogP contribution in [0, 0.1) is 0 Å². The molecule has 0 aliphatic carbocycles. The molecule has 22 heavy (non-hydrogen) atoms. The van der Waals surface area contributed by atoms with Crippen LogP contribution in [-0.2, 0) is 6.42 Å². The summed E-state index contributed by atoms with van der Waals surface area (Å²) >= 11 is 3.47. The normalized spacial score (nSPS) is 21.1. The predicted octanol–water partition coefficient (Wildman–Crippen LogP) is 3.65. The first kappa shape index (κ1) is 15.2. The molecule has 4 nitrogen and oxygen atoms in total. The van der Waals surface area contributed by atoms with E-state index in [2.05, 4.69) is 62.0 Å². The van der Waals surface area contributed by atoms with Crippen molar-refractivity contribution in [2.75, 3.05) is 11.4 Å². The zero-order valence-electron chi connectivity index (χ0n) is 12.5. The number of aldehydes is 1. The summed E-state index contributed by atoms with van der Waals surface area (Å²) in [5.74, 6) is 0.711. The molecule has 5 heteroatoms. The Balaban J connectivity index is 1.83. The Bertz CT molecular complexity index is 657. The van der Waals surface area contributed by atoms with E-state index in [1.54, 1.807) is 12.4 Å². The van der Waals surface area contributed by atoms with Crippen LogP contribution < -0.4 is 4.90 Å². The van der Waals surface area contributed by atoms with Crippen molar-refractivity contribution in [1.82, 2.24) is 9.97 Å². The third-order valence-corrected chi connectivity index (χ3v) is 4.81. The van der Waals surface area contributed by atoms with E-state index in [4.69, 9.17) is 0 Å². The summed E-state index contributed by atoms with van der Waals surface area (Å²) < 4.78 is 1.09. The molecule has 0 amide bonds. The maximum atomic E-state index is 10.7. The minimum Gasteiger partial charge on any atom is -0.335 e. The topological polar surface area (TPSA) is 46.1 Å². The fourth-order valence-corrected chi connectivity index (χ4v) is 3.39. The lowest BCUT2D eigenvalue weighted by Crippen LogP contribution is -2.44. The molecule has 1 fully saturated rings. The molecule has 1 aliphatic rings. The summed E-state index contributed by atoms with van der Waals surface area (Å²) in [7, 11) is 0. The number of carbonyl (C=O) groups is 1. The average molecular weight is 360 g/mol. The van der Waals surface area contributed by atoms with Crippen LogP contribution >= 0.6 is 15.9 Å². The third kappa shape index (κ3) is 3.04. The molecule has 1 atom stereocenters. The summed E-state index contributed by atoms with van der Waals surface area (Å²) in [6.45, 7) is 3.21. The number of benzene rings is 1. The molecular formula is C17H18BrN3O. The van der Waals surface area contributed by atoms with Crippen LogP contribution in [0.2, 0.25) is 0 Å². The SMILES string of the molecule is CC1(Cc2ccc(Br)cc2)CCCN1c1ncc(C=O)cn1. The van der Waals surface area contributed by atoms with Gasteiger partial charge in [0.05, 0.1) is 5.56 Å². The molecule has 1 aromatic heterocycles. The lowest BCUT2D eigenvalue weighted by molar-refractivity contribution is 0.112. The van der Waals surface area contributed by atoms with Crippen molar-refractivity contribution in [2.24, 2.45) is 0 Å². The van der Waals surface area contributed by atoms with Crippen molar-refractivity contribution in [3.8, 4) is 0 Å². The van der Waals surface area contributed by atoms with Gasteiger partial charge in [0.15, 0.2) is 6.29 Å². The monoisotopic (exact) mass is 359 g/mol. The highest BCUT2D eigenvalue weighted by molar-refractivity contribution is 9.10. The lowest BCUT2D eigenvalue weighted by Gasteiger charge is -2.35. The number of hydrogen-bond acceptors (Lipinski definition) is 4. The van der Waals surface area contributed by atoms with Crippen LogP contribution in [0.1, 0.15) is 35.7 Å². The standard InChI is InChI=1S/C17H18BrN3O/c1-17(9-13-3-5-15(18)6-4-13)7-2-8-21(17)16-19-10-14(12-22)11-20-16/h3-6,10-12H,2,7-9H2,1H3. The summed E-state index contributed by atoms with van der Waals surface area (Å²) in [4.78, 5) is 21.7. The van der Waals surface area contributed by atoms with E-state index in [9.17, 15) is 4.79 Å². The second-order valence-corrected chi connectivity index (χ2v) is 6.91. The largest absolute Gasteiger partial charge is 0.335 e. The number of aromatic nitrogens is 2. The maximum Gasteiger partial charge on any atom is 0.225 e. The van der Waals surface area contributed by atoms with Crippen molar-refractivity contribution >= 4 is 28.2 Å². The Hall–Kier alpha value is -1.75. The van der Waals surface area contributed by atoms with Gasteiger partial charge in [0.25, 0.3) is 0 Å². The van der Waals surface area contributed by atoms with E-state index in [1.807, 2.05) is 0 Å². The molecule has 114 valence electrons. The van der Waals surface area contributed by atoms with Gasteiger partial charge in [0.2, 0.25) is 5.95 Å². The quantitative estimate of drug-likeness (QED) is 0.781. The van der Waals surface area contributed by atoms with Crippen LogP contribution in [0.4, 0.5) is 5.95 Å². The number of nitrogens with zero attached hydrogens (tertiary/aromatic N) is 3. The highest BCUT2D eigenvalue weighted by atomic mass is 79.9. The van der Waals surface area contributed by atoms with E-state index in [-0.39, 0.29) is 5.54 Å². The molecule has 0 bridgehead atoms. The molecule has 0 saturated carbocycles. The van der Waals surface area contributed by atoms with E-state index in [0.717, 1.165) is 36.6 Å². The fourth-order valence-electron chi connectivity index (χ4n) is 3.12. The van der Waals surface area contributed by atoms with Crippen molar-refractivity contribution in [3.05, 3.63) is 52.3 Å².